The summed E-state index contributed by atoms with van der Waals surface area (Å²) in [6.07, 6.45) is 0.549. The monoisotopic (exact) mass is 334 g/mol. The lowest BCUT2D eigenvalue weighted by molar-refractivity contribution is -0.133. The van der Waals surface area contributed by atoms with Gasteiger partial charge in [-0.05, 0) is 25.5 Å². The normalized spacial score (nSPS) is 25.0. The number of morpholine rings is 1. The molecular weight excluding hydrogens is 308 g/mol. The van der Waals surface area contributed by atoms with Gasteiger partial charge in [-0.1, -0.05) is 17.7 Å². The average molecular weight is 334 g/mol. The lowest BCUT2D eigenvalue weighted by Crippen LogP contribution is -2.46. The fourth-order valence-electron chi connectivity index (χ4n) is 3.09. The number of hydrogen-bond acceptors (Lipinski definition) is 5. The molecule has 132 valence electrons. The van der Waals surface area contributed by atoms with Crippen LogP contribution < -0.4 is 4.74 Å². The van der Waals surface area contributed by atoms with E-state index >= 15 is 0 Å². The number of ether oxygens (including phenoxy) is 2. The van der Waals surface area contributed by atoms with Crippen LogP contribution >= 0.6 is 0 Å². The van der Waals surface area contributed by atoms with Crippen LogP contribution in [0.3, 0.4) is 0 Å². The molecule has 0 radical (unpaired) electrons. The summed E-state index contributed by atoms with van der Waals surface area (Å²) in [4.78, 5) is 16.3. The molecule has 1 aromatic rings. The molecule has 2 heterocycles. The van der Waals surface area contributed by atoms with E-state index in [1.807, 2.05) is 31.2 Å². The number of hydrogen-bond donors (Lipinski definition) is 1. The zero-order valence-electron chi connectivity index (χ0n) is 14.2. The van der Waals surface area contributed by atoms with Gasteiger partial charge >= 0.3 is 0 Å². The van der Waals surface area contributed by atoms with Crippen LogP contribution in [0, 0.1) is 6.92 Å². The number of amides is 1. The van der Waals surface area contributed by atoms with Crippen LogP contribution in [0.5, 0.6) is 5.75 Å². The van der Waals surface area contributed by atoms with Crippen LogP contribution in [0.25, 0.3) is 0 Å². The second-order valence-corrected chi connectivity index (χ2v) is 6.78. The van der Waals surface area contributed by atoms with E-state index in [-0.39, 0.29) is 12.5 Å². The van der Waals surface area contributed by atoms with Gasteiger partial charge in [0, 0.05) is 19.6 Å². The average Bonchev–Trinajstić information content (AvgIpc) is 2.98. The summed E-state index contributed by atoms with van der Waals surface area (Å²) >= 11 is 0. The summed E-state index contributed by atoms with van der Waals surface area (Å²) in [6.45, 7) is 6.49. The maximum atomic E-state index is 12.4. The summed E-state index contributed by atoms with van der Waals surface area (Å²) in [6, 6.07) is 7.75. The van der Waals surface area contributed by atoms with Crippen molar-refractivity contribution in [3.8, 4) is 5.75 Å². The second-order valence-electron chi connectivity index (χ2n) is 6.78. The Labute approximate surface area is 143 Å². The van der Waals surface area contributed by atoms with E-state index < -0.39 is 5.60 Å². The Morgan fingerprint density at radius 2 is 1.96 bits per heavy atom. The van der Waals surface area contributed by atoms with Crippen LogP contribution in [0.1, 0.15) is 12.0 Å². The lowest BCUT2D eigenvalue weighted by Gasteiger charge is -2.28. The van der Waals surface area contributed by atoms with Gasteiger partial charge in [0.2, 0.25) is 5.91 Å². The molecule has 2 fully saturated rings. The molecule has 1 atom stereocenters. The molecule has 6 nitrogen and oxygen atoms in total. The van der Waals surface area contributed by atoms with Crippen LogP contribution in [0.15, 0.2) is 24.3 Å². The molecule has 1 aromatic carbocycles. The second kappa shape index (κ2) is 7.51. The fraction of sp³-hybridized carbons (Fsp3) is 0.611. The number of likely N-dealkylation sites (tertiary alicyclic amines) is 1. The van der Waals surface area contributed by atoms with Gasteiger partial charge in [-0.15, -0.1) is 0 Å². The molecule has 3 rings (SSSR count). The third kappa shape index (κ3) is 4.47. The van der Waals surface area contributed by atoms with Gasteiger partial charge in [0.1, 0.15) is 18.0 Å². The van der Waals surface area contributed by atoms with E-state index in [1.54, 1.807) is 4.90 Å². The standard InChI is InChI=1S/C18H26N2O4/c1-15-2-4-16(5-3-15)24-14-18(22)6-7-20(13-18)17(21)12-19-8-10-23-11-9-19/h2-5,22H,6-14H2,1H3/t18-/m1/s1. The molecule has 0 bridgehead atoms. The minimum absolute atomic E-state index is 0.0724. The van der Waals surface area contributed by atoms with Crippen molar-refractivity contribution in [2.75, 3.05) is 52.5 Å². The van der Waals surface area contributed by atoms with E-state index in [0.717, 1.165) is 18.8 Å². The first kappa shape index (κ1) is 17.2. The molecule has 0 spiro atoms. The zero-order valence-corrected chi connectivity index (χ0v) is 14.2. The van der Waals surface area contributed by atoms with Gasteiger partial charge in [-0.2, -0.15) is 0 Å². The fourth-order valence-corrected chi connectivity index (χ4v) is 3.09. The van der Waals surface area contributed by atoms with Gasteiger partial charge < -0.3 is 19.5 Å². The van der Waals surface area contributed by atoms with Crippen molar-refractivity contribution in [1.29, 1.82) is 0 Å². The van der Waals surface area contributed by atoms with Crippen molar-refractivity contribution in [3.05, 3.63) is 29.8 Å². The third-order valence-corrected chi connectivity index (χ3v) is 4.68. The van der Waals surface area contributed by atoms with E-state index in [4.69, 9.17) is 9.47 Å². The predicted molar refractivity (Wildman–Crippen MR) is 90.1 cm³/mol. The number of benzene rings is 1. The van der Waals surface area contributed by atoms with Crippen molar-refractivity contribution in [3.63, 3.8) is 0 Å². The van der Waals surface area contributed by atoms with Crippen molar-refractivity contribution >= 4 is 5.91 Å². The summed E-state index contributed by atoms with van der Waals surface area (Å²) in [5, 5.41) is 10.7. The molecule has 0 aliphatic carbocycles. The Kier molecular flexibility index (Phi) is 5.38. The smallest absolute Gasteiger partial charge is 0.236 e. The Balaban J connectivity index is 1.47. The molecule has 0 unspecified atom stereocenters. The van der Waals surface area contributed by atoms with Crippen LogP contribution in [-0.2, 0) is 9.53 Å². The summed E-state index contributed by atoms with van der Waals surface area (Å²) < 4.78 is 11.0. The summed E-state index contributed by atoms with van der Waals surface area (Å²) in [5.74, 6) is 0.815. The number of carbonyl (C=O) groups excluding carboxylic acids is 1. The van der Waals surface area contributed by atoms with Crippen LogP contribution in [0.4, 0.5) is 0 Å². The third-order valence-electron chi connectivity index (χ3n) is 4.68. The van der Waals surface area contributed by atoms with E-state index in [9.17, 15) is 9.90 Å². The number of aliphatic hydroxyl groups is 1. The van der Waals surface area contributed by atoms with Crippen LogP contribution in [-0.4, -0.2) is 79.0 Å². The SMILES string of the molecule is Cc1ccc(OC[C@@]2(O)CCN(C(=O)CN3CCOCC3)C2)cc1. The number of rotatable bonds is 5. The summed E-state index contributed by atoms with van der Waals surface area (Å²) in [5.41, 5.74) is 0.202. The van der Waals surface area contributed by atoms with Crippen molar-refractivity contribution in [2.24, 2.45) is 0 Å². The molecule has 6 heteroatoms. The van der Waals surface area contributed by atoms with Crippen molar-refractivity contribution in [1.82, 2.24) is 9.80 Å². The van der Waals surface area contributed by atoms with Gasteiger partial charge in [0.25, 0.3) is 0 Å². The van der Waals surface area contributed by atoms with E-state index in [2.05, 4.69) is 4.90 Å². The molecular formula is C18H26N2O4. The molecule has 1 amide bonds. The molecule has 2 aliphatic heterocycles. The molecule has 24 heavy (non-hydrogen) atoms. The Morgan fingerprint density at radius 1 is 1.25 bits per heavy atom. The Hall–Kier alpha value is -1.63. The van der Waals surface area contributed by atoms with Gasteiger partial charge in [-0.25, -0.2) is 0 Å². The molecule has 2 aliphatic rings. The predicted octanol–water partition coefficient (Wildman–Crippen LogP) is 0.669. The first-order valence-corrected chi connectivity index (χ1v) is 8.54. The van der Waals surface area contributed by atoms with Crippen molar-refractivity contribution < 1.29 is 19.4 Å². The molecule has 1 N–H and O–H groups in total. The Morgan fingerprint density at radius 3 is 2.67 bits per heavy atom. The first-order valence-electron chi connectivity index (χ1n) is 8.54. The number of aryl methyl sites for hydroxylation is 1. The highest BCUT2D eigenvalue weighted by molar-refractivity contribution is 5.78. The highest BCUT2D eigenvalue weighted by Crippen LogP contribution is 2.23. The number of carbonyl (C=O) groups is 1. The number of β-amino-alcohol motifs (C(OH)–C–C–N with tert-alkyl or cyclic N) is 1. The van der Waals surface area contributed by atoms with Gasteiger partial charge in [0.15, 0.2) is 0 Å². The van der Waals surface area contributed by atoms with E-state index in [1.165, 1.54) is 5.56 Å². The maximum absolute atomic E-state index is 12.4. The lowest BCUT2D eigenvalue weighted by atomic mass is 10.1. The highest BCUT2D eigenvalue weighted by Gasteiger charge is 2.39. The maximum Gasteiger partial charge on any atom is 0.236 e. The highest BCUT2D eigenvalue weighted by atomic mass is 16.5. The molecule has 2 saturated heterocycles. The topological polar surface area (TPSA) is 62.2 Å². The van der Waals surface area contributed by atoms with Gasteiger partial charge in [0.05, 0.1) is 26.3 Å². The first-order chi connectivity index (χ1) is 11.5. The van der Waals surface area contributed by atoms with Crippen LogP contribution in [0.2, 0.25) is 0 Å². The van der Waals surface area contributed by atoms with E-state index in [0.29, 0.717) is 39.3 Å². The molecule has 0 aromatic heterocycles. The Bertz CT molecular complexity index is 557. The number of nitrogens with zero attached hydrogens (tertiary/aromatic N) is 2. The zero-order chi connectivity index (χ0) is 17.0. The summed E-state index contributed by atoms with van der Waals surface area (Å²) in [7, 11) is 0. The quantitative estimate of drug-likeness (QED) is 0.858. The van der Waals surface area contributed by atoms with Crippen molar-refractivity contribution in [2.45, 2.75) is 18.9 Å². The minimum Gasteiger partial charge on any atom is -0.491 e. The van der Waals surface area contributed by atoms with Gasteiger partial charge in [-0.3, -0.25) is 9.69 Å². The minimum atomic E-state index is -0.967. The molecule has 0 saturated carbocycles. The largest absolute Gasteiger partial charge is 0.491 e.